The zero-order chi connectivity index (χ0) is 12.8. The maximum atomic E-state index is 11.0. The highest BCUT2D eigenvalue weighted by molar-refractivity contribution is 5.94. The van der Waals surface area contributed by atoms with E-state index in [0.29, 0.717) is 13.2 Å². The number of nitrogens with zero attached hydrogens (tertiary/aromatic N) is 1. The fourth-order valence-electron chi connectivity index (χ4n) is 1.28. The van der Waals surface area contributed by atoms with Crippen LogP contribution in [-0.2, 0) is 4.74 Å². The molecule has 1 amide bonds. The van der Waals surface area contributed by atoms with Gasteiger partial charge in [0.15, 0.2) is 0 Å². The van der Waals surface area contributed by atoms with Crippen LogP contribution in [0.1, 0.15) is 10.4 Å². The van der Waals surface area contributed by atoms with E-state index >= 15 is 0 Å². The Morgan fingerprint density at radius 2 is 2.29 bits per heavy atom. The SMILES string of the molecule is COCCNc1cc(C(N)=O)ccc1[N+](=O)[O-]. The molecule has 0 spiro atoms. The van der Waals surface area contributed by atoms with Gasteiger partial charge in [0.25, 0.3) is 5.69 Å². The molecule has 0 heterocycles. The quantitative estimate of drug-likeness (QED) is 0.432. The average Bonchev–Trinajstić information content (AvgIpc) is 2.28. The number of nitrogens with one attached hydrogen (secondary N) is 1. The van der Waals surface area contributed by atoms with E-state index in [1.54, 1.807) is 0 Å². The number of nitrogens with two attached hydrogens (primary N) is 1. The van der Waals surface area contributed by atoms with E-state index in [9.17, 15) is 14.9 Å². The molecular weight excluding hydrogens is 226 g/mol. The number of anilines is 1. The first-order chi connectivity index (χ1) is 8.06. The summed E-state index contributed by atoms with van der Waals surface area (Å²) in [5, 5.41) is 13.6. The number of hydrogen-bond donors (Lipinski definition) is 2. The molecule has 0 radical (unpaired) electrons. The number of amides is 1. The Hall–Kier alpha value is -2.15. The van der Waals surface area contributed by atoms with Gasteiger partial charge in [0.05, 0.1) is 11.5 Å². The van der Waals surface area contributed by atoms with Crippen molar-refractivity contribution in [3.63, 3.8) is 0 Å². The number of primary amides is 1. The van der Waals surface area contributed by atoms with Crippen molar-refractivity contribution >= 4 is 17.3 Å². The zero-order valence-corrected chi connectivity index (χ0v) is 9.30. The number of carbonyl (C=O) groups is 1. The molecular formula is C10H13N3O4. The second kappa shape index (κ2) is 5.80. The molecule has 1 aromatic rings. The topological polar surface area (TPSA) is 107 Å². The fraction of sp³-hybridized carbons (Fsp3) is 0.300. The number of nitro groups is 1. The molecule has 92 valence electrons. The van der Waals surface area contributed by atoms with Gasteiger partial charge in [0.2, 0.25) is 5.91 Å². The molecule has 0 aliphatic carbocycles. The number of hydrogen-bond acceptors (Lipinski definition) is 5. The average molecular weight is 239 g/mol. The Balaban J connectivity index is 2.98. The molecule has 0 aliphatic heterocycles. The normalized spacial score (nSPS) is 9.94. The summed E-state index contributed by atoms with van der Waals surface area (Å²) in [5.74, 6) is -0.630. The van der Waals surface area contributed by atoms with Gasteiger partial charge < -0.3 is 15.8 Å². The molecule has 0 saturated carbocycles. The smallest absolute Gasteiger partial charge is 0.292 e. The highest BCUT2D eigenvalue weighted by Crippen LogP contribution is 2.25. The molecule has 0 aliphatic rings. The van der Waals surface area contributed by atoms with Crippen LogP contribution in [0.15, 0.2) is 18.2 Å². The molecule has 0 saturated heterocycles. The van der Waals surface area contributed by atoms with E-state index in [-0.39, 0.29) is 16.9 Å². The van der Waals surface area contributed by atoms with Crippen LogP contribution in [0.3, 0.4) is 0 Å². The lowest BCUT2D eigenvalue weighted by molar-refractivity contribution is -0.384. The van der Waals surface area contributed by atoms with Crippen molar-refractivity contribution in [1.82, 2.24) is 0 Å². The van der Waals surface area contributed by atoms with Crippen LogP contribution in [0.4, 0.5) is 11.4 Å². The highest BCUT2D eigenvalue weighted by Gasteiger charge is 2.15. The third kappa shape index (κ3) is 3.42. The number of ether oxygens (including phenoxy) is 1. The summed E-state index contributed by atoms with van der Waals surface area (Å²) in [6, 6.07) is 3.92. The third-order valence-electron chi connectivity index (χ3n) is 2.10. The van der Waals surface area contributed by atoms with E-state index < -0.39 is 10.8 Å². The summed E-state index contributed by atoms with van der Waals surface area (Å²) in [6.07, 6.45) is 0. The number of benzene rings is 1. The van der Waals surface area contributed by atoms with Gasteiger partial charge in [0, 0.05) is 25.3 Å². The zero-order valence-electron chi connectivity index (χ0n) is 9.30. The minimum atomic E-state index is -0.630. The Kier molecular flexibility index (Phi) is 4.41. The first-order valence-electron chi connectivity index (χ1n) is 4.87. The minimum absolute atomic E-state index is 0.105. The van der Waals surface area contributed by atoms with Crippen molar-refractivity contribution in [2.45, 2.75) is 0 Å². The van der Waals surface area contributed by atoms with Gasteiger partial charge in [-0.25, -0.2) is 0 Å². The van der Waals surface area contributed by atoms with E-state index in [4.69, 9.17) is 10.5 Å². The fourth-order valence-corrected chi connectivity index (χ4v) is 1.28. The minimum Gasteiger partial charge on any atom is -0.383 e. The van der Waals surface area contributed by atoms with Crippen LogP contribution in [0.5, 0.6) is 0 Å². The highest BCUT2D eigenvalue weighted by atomic mass is 16.6. The molecule has 1 rings (SSSR count). The molecule has 17 heavy (non-hydrogen) atoms. The van der Waals surface area contributed by atoms with Crippen LogP contribution in [-0.4, -0.2) is 31.1 Å². The van der Waals surface area contributed by atoms with Crippen LogP contribution in [0, 0.1) is 10.1 Å². The largest absolute Gasteiger partial charge is 0.383 e. The molecule has 0 unspecified atom stereocenters. The van der Waals surface area contributed by atoms with Gasteiger partial charge >= 0.3 is 0 Å². The van der Waals surface area contributed by atoms with Gasteiger partial charge in [-0.3, -0.25) is 14.9 Å². The number of carbonyl (C=O) groups excluding carboxylic acids is 1. The van der Waals surface area contributed by atoms with Crippen molar-refractivity contribution in [2.75, 3.05) is 25.6 Å². The standard InChI is InChI=1S/C10H13N3O4/c1-17-5-4-12-8-6-7(10(11)14)2-3-9(8)13(15)16/h2-3,6,12H,4-5H2,1H3,(H2,11,14). The van der Waals surface area contributed by atoms with Crippen molar-refractivity contribution in [3.05, 3.63) is 33.9 Å². The Morgan fingerprint density at radius 3 is 2.82 bits per heavy atom. The van der Waals surface area contributed by atoms with Gasteiger partial charge in [-0.15, -0.1) is 0 Å². The summed E-state index contributed by atoms with van der Waals surface area (Å²) in [6.45, 7) is 0.803. The second-order valence-electron chi connectivity index (χ2n) is 3.27. The second-order valence-corrected chi connectivity index (χ2v) is 3.27. The van der Waals surface area contributed by atoms with Crippen LogP contribution in [0.2, 0.25) is 0 Å². The lowest BCUT2D eigenvalue weighted by atomic mass is 10.1. The van der Waals surface area contributed by atoms with E-state index in [1.165, 1.54) is 25.3 Å². The molecule has 0 aromatic heterocycles. The number of methoxy groups -OCH3 is 1. The maximum Gasteiger partial charge on any atom is 0.292 e. The molecule has 3 N–H and O–H groups in total. The predicted molar refractivity (Wildman–Crippen MR) is 62.0 cm³/mol. The Morgan fingerprint density at radius 1 is 1.59 bits per heavy atom. The van der Waals surface area contributed by atoms with Gasteiger partial charge in [0.1, 0.15) is 5.69 Å². The monoisotopic (exact) mass is 239 g/mol. The van der Waals surface area contributed by atoms with Crippen molar-refractivity contribution in [3.8, 4) is 0 Å². The van der Waals surface area contributed by atoms with Crippen LogP contribution >= 0.6 is 0 Å². The van der Waals surface area contributed by atoms with Crippen molar-refractivity contribution in [2.24, 2.45) is 5.73 Å². The summed E-state index contributed by atoms with van der Waals surface area (Å²) in [5.41, 5.74) is 5.47. The predicted octanol–water partition coefficient (Wildman–Crippen LogP) is 0.752. The van der Waals surface area contributed by atoms with E-state index in [0.717, 1.165) is 0 Å². The van der Waals surface area contributed by atoms with Gasteiger partial charge in [-0.05, 0) is 12.1 Å². The number of nitro benzene ring substituents is 1. The molecule has 0 bridgehead atoms. The molecule has 0 fully saturated rings. The van der Waals surface area contributed by atoms with Crippen molar-refractivity contribution in [1.29, 1.82) is 0 Å². The maximum absolute atomic E-state index is 11.0. The third-order valence-corrected chi connectivity index (χ3v) is 2.10. The van der Waals surface area contributed by atoms with E-state index in [1.807, 2.05) is 0 Å². The summed E-state index contributed by atoms with van der Waals surface area (Å²) < 4.78 is 4.82. The van der Waals surface area contributed by atoms with Crippen LogP contribution < -0.4 is 11.1 Å². The lowest BCUT2D eigenvalue weighted by Crippen LogP contribution is -2.13. The molecule has 7 heteroatoms. The van der Waals surface area contributed by atoms with Crippen LogP contribution in [0.25, 0.3) is 0 Å². The summed E-state index contributed by atoms with van der Waals surface area (Å²) in [7, 11) is 1.52. The molecule has 7 nitrogen and oxygen atoms in total. The molecule has 0 atom stereocenters. The Bertz CT molecular complexity index is 434. The van der Waals surface area contributed by atoms with Crippen molar-refractivity contribution < 1.29 is 14.5 Å². The first kappa shape index (κ1) is 12.9. The number of rotatable bonds is 6. The molecule has 1 aromatic carbocycles. The summed E-state index contributed by atoms with van der Waals surface area (Å²) in [4.78, 5) is 21.2. The lowest BCUT2D eigenvalue weighted by Gasteiger charge is -2.07. The van der Waals surface area contributed by atoms with Gasteiger partial charge in [-0.1, -0.05) is 0 Å². The Labute approximate surface area is 97.7 Å². The summed E-state index contributed by atoms with van der Waals surface area (Å²) >= 11 is 0. The van der Waals surface area contributed by atoms with Gasteiger partial charge in [-0.2, -0.15) is 0 Å². The first-order valence-corrected chi connectivity index (χ1v) is 4.87. The van der Waals surface area contributed by atoms with E-state index in [2.05, 4.69) is 5.32 Å².